The van der Waals surface area contributed by atoms with Crippen molar-refractivity contribution in [2.45, 2.75) is 31.3 Å². The highest BCUT2D eigenvalue weighted by atomic mass is 16.5. The molecule has 16 heavy (non-hydrogen) atoms. The summed E-state index contributed by atoms with van der Waals surface area (Å²) in [5, 5.41) is 11.3. The van der Waals surface area contributed by atoms with Crippen molar-refractivity contribution in [3.05, 3.63) is 0 Å². The molecule has 1 aliphatic carbocycles. The van der Waals surface area contributed by atoms with Crippen LogP contribution in [0.15, 0.2) is 0 Å². The Morgan fingerprint density at radius 1 is 1.38 bits per heavy atom. The SMILES string of the molecule is O=C(O)C1CCC2CN(C3COC3)NC2C1. The Kier molecular flexibility index (Phi) is 2.61. The second-order valence-electron chi connectivity index (χ2n) is 5.19. The molecular formula is C11H18N2O3. The van der Waals surface area contributed by atoms with Crippen molar-refractivity contribution in [3.63, 3.8) is 0 Å². The monoisotopic (exact) mass is 226 g/mol. The summed E-state index contributed by atoms with van der Waals surface area (Å²) in [7, 11) is 0. The van der Waals surface area contributed by atoms with Crippen LogP contribution in [0.5, 0.6) is 0 Å². The fraction of sp³-hybridized carbons (Fsp3) is 0.909. The first-order valence-corrected chi connectivity index (χ1v) is 6.07. The Labute approximate surface area is 94.7 Å². The third-order valence-electron chi connectivity index (χ3n) is 4.17. The number of hydrazine groups is 1. The molecule has 2 heterocycles. The van der Waals surface area contributed by atoms with E-state index in [0.717, 1.165) is 39.0 Å². The summed E-state index contributed by atoms with van der Waals surface area (Å²) in [6.07, 6.45) is 2.66. The molecule has 3 aliphatic rings. The van der Waals surface area contributed by atoms with Crippen LogP contribution in [0, 0.1) is 11.8 Å². The Morgan fingerprint density at radius 3 is 2.81 bits per heavy atom. The Bertz CT molecular complexity index is 293. The maximum Gasteiger partial charge on any atom is 0.306 e. The molecule has 3 fully saturated rings. The van der Waals surface area contributed by atoms with Gasteiger partial charge in [0.25, 0.3) is 0 Å². The number of hydrogen-bond donors (Lipinski definition) is 2. The van der Waals surface area contributed by atoms with Crippen LogP contribution in [-0.4, -0.2) is 47.9 Å². The summed E-state index contributed by atoms with van der Waals surface area (Å²) in [6, 6.07) is 0.879. The Hall–Kier alpha value is -0.650. The normalized spacial score (nSPS) is 40.4. The molecule has 0 aromatic rings. The number of nitrogens with one attached hydrogen (secondary N) is 1. The molecule has 1 saturated carbocycles. The largest absolute Gasteiger partial charge is 0.481 e. The van der Waals surface area contributed by atoms with Gasteiger partial charge in [0, 0.05) is 12.6 Å². The van der Waals surface area contributed by atoms with E-state index in [1.807, 2.05) is 0 Å². The Balaban J connectivity index is 1.60. The molecule has 2 aliphatic heterocycles. The van der Waals surface area contributed by atoms with Gasteiger partial charge in [-0.15, -0.1) is 0 Å². The molecule has 3 rings (SSSR count). The smallest absolute Gasteiger partial charge is 0.306 e. The molecule has 90 valence electrons. The van der Waals surface area contributed by atoms with Crippen molar-refractivity contribution < 1.29 is 14.6 Å². The van der Waals surface area contributed by atoms with Crippen molar-refractivity contribution in [1.82, 2.24) is 10.4 Å². The number of rotatable bonds is 2. The fourth-order valence-corrected chi connectivity index (χ4v) is 3.01. The van der Waals surface area contributed by atoms with Crippen LogP contribution >= 0.6 is 0 Å². The van der Waals surface area contributed by atoms with Gasteiger partial charge in [-0.2, -0.15) is 0 Å². The van der Waals surface area contributed by atoms with Gasteiger partial charge in [-0.3, -0.25) is 10.2 Å². The molecule has 0 radical (unpaired) electrons. The molecule has 2 N–H and O–H groups in total. The van der Waals surface area contributed by atoms with Gasteiger partial charge in [0.1, 0.15) is 0 Å². The van der Waals surface area contributed by atoms with E-state index in [0.29, 0.717) is 18.0 Å². The molecule has 0 bridgehead atoms. The van der Waals surface area contributed by atoms with Crippen LogP contribution in [-0.2, 0) is 9.53 Å². The summed E-state index contributed by atoms with van der Waals surface area (Å²) < 4.78 is 5.18. The second-order valence-corrected chi connectivity index (χ2v) is 5.19. The van der Waals surface area contributed by atoms with Gasteiger partial charge in [0.05, 0.1) is 25.2 Å². The van der Waals surface area contributed by atoms with Crippen LogP contribution in [0.25, 0.3) is 0 Å². The van der Waals surface area contributed by atoms with Crippen molar-refractivity contribution in [3.8, 4) is 0 Å². The highest BCUT2D eigenvalue weighted by Crippen LogP contribution is 2.34. The predicted molar refractivity (Wildman–Crippen MR) is 56.7 cm³/mol. The minimum Gasteiger partial charge on any atom is -0.481 e. The lowest BCUT2D eigenvalue weighted by molar-refractivity contribution is -0.143. The van der Waals surface area contributed by atoms with Crippen LogP contribution in [0.2, 0.25) is 0 Å². The zero-order chi connectivity index (χ0) is 11.1. The molecule has 0 spiro atoms. The van der Waals surface area contributed by atoms with E-state index in [2.05, 4.69) is 10.4 Å². The van der Waals surface area contributed by atoms with E-state index in [-0.39, 0.29) is 5.92 Å². The highest BCUT2D eigenvalue weighted by Gasteiger charge is 2.42. The van der Waals surface area contributed by atoms with E-state index >= 15 is 0 Å². The van der Waals surface area contributed by atoms with Crippen LogP contribution < -0.4 is 5.43 Å². The summed E-state index contributed by atoms with van der Waals surface area (Å²) in [6.45, 7) is 2.69. The molecule has 0 aromatic carbocycles. The molecule has 5 nitrogen and oxygen atoms in total. The van der Waals surface area contributed by atoms with Crippen molar-refractivity contribution in [2.24, 2.45) is 11.8 Å². The predicted octanol–water partition coefficient (Wildman–Crippen LogP) is 0.0749. The van der Waals surface area contributed by atoms with Crippen molar-refractivity contribution >= 4 is 5.97 Å². The Morgan fingerprint density at radius 2 is 2.19 bits per heavy atom. The van der Waals surface area contributed by atoms with Gasteiger partial charge < -0.3 is 9.84 Å². The first-order chi connectivity index (χ1) is 7.74. The van der Waals surface area contributed by atoms with E-state index in [1.54, 1.807) is 0 Å². The molecule has 0 amide bonds. The zero-order valence-corrected chi connectivity index (χ0v) is 9.26. The van der Waals surface area contributed by atoms with Gasteiger partial charge in [0.2, 0.25) is 0 Å². The first kappa shape index (κ1) is 10.5. The zero-order valence-electron chi connectivity index (χ0n) is 9.26. The van der Waals surface area contributed by atoms with Crippen LogP contribution in [0.4, 0.5) is 0 Å². The lowest BCUT2D eigenvalue weighted by atomic mass is 9.79. The first-order valence-electron chi connectivity index (χ1n) is 6.07. The van der Waals surface area contributed by atoms with Gasteiger partial charge in [-0.1, -0.05) is 0 Å². The minimum atomic E-state index is -0.634. The number of carboxylic acid groups (broad SMARTS) is 1. The van der Waals surface area contributed by atoms with Crippen LogP contribution in [0.1, 0.15) is 19.3 Å². The van der Waals surface area contributed by atoms with E-state index in [4.69, 9.17) is 9.84 Å². The average molecular weight is 226 g/mol. The maximum absolute atomic E-state index is 11.0. The number of ether oxygens (including phenoxy) is 1. The summed E-state index contributed by atoms with van der Waals surface area (Å²) in [5.74, 6) is -0.145. The standard InChI is InChI=1S/C11H18N2O3/c14-11(15)7-1-2-8-4-13(9-5-16-6-9)12-10(8)3-7/h7-10,12H,1-6H2,(H,14,15). The summed E-state index contributed by atoms with van der Waals surface area (Å²) in [5.41, 5.74) is 3.47. The van der Waals surface area contributed by atoms with E-state index < -0.39 is 5.97 Å². The average Bonchev–Trinajstić information content (AvgIpc) is 2.56. The van der Waals surface area contributed by atoms with E-state index in [1.165, 1.54) is 0 Å². The number of carbonyl (C=O) groups is 1. The van der Waals surface area contributed by atoms with E-state index in [9.17, 15) is 4.79 Å². The van der Waals surface area contributed by atoms with Gasteiger partial charge >= 0.3 is 5.97 Å². The molecule has 2 saturated heterocycles. The highest BCUT2D eigenvalue weighted by molar-refractivity contribution is 5.70. The number of fused-ring (bicyclic) bond motifs is 1. The van der Waals surface area contributed by atoms with Crippen LogP contribution in [0.3, 0.4) is 0 Å². The lowest BCUT2D eigenvalue weighted by Crippen LogP contribution is -2.53. The number of carboxylic acids is 1. The third-order valence-corrected chi connectivity index (χ3v) is 4.17. The molecule has 0 aromatic heterocycles. The summed E-state index contributed by atoms with van der Waals surface area (Å²) >= 11 is 0. The second kappa shape index (κ2) is 3.98. The molecule has 5 heteroatoms. The van der Waals surface area contributed by atoms with Crippen molar-refractivity contribution in [2.75, 3.05) is 19.8 Å². The number of aliphatic carboxylic acids is 1. The molecule has 3 atom stereocenters. The fourth-order valence-electron chi connectivity index (χ4n) is 3.01. The maximum atomic E-state index is 11.0. The number of nitrogens with zero attached hydrogens (tertiary/aromatic N) is 1. The van der Waals surface area contributed by atoms with Crippen molar-refractivity contribution in [1.29, 1.82) is 0 Å². The minimum absolute atomic E-state index is 0.147. The van der Waals surface area contributed by atoms with Gasteiger partial charge in [-0.05, 0) is 25.2 Å². The third kappa shape index (κ3) is 1.73. The van der Waals surface area contributed by atoms with Gasteiger partial charge in [0.15, 0.2) is 0 Å². The van der Waals surface area contributed by atoms with Gasteiger partial charge in [-0.25, -0.2) is 5.01 Å². The lowest BCUT2D eigenvalue weighted by Gasteiger charge is -2.34. The molecule has 3 unspecified atom stereocenters. The summed E-state index contributed by atoms with van der Waals surface area (Å²) in [4.78, 5) is 11.0. The molecular weight excluding hydrogens is 208 g/mol. The topological polar surface area (TPSA) is 61.8 Å². The number of hydrogen-bond acceptors (Lipinski definition) is 4. The quantitative estimate of drug-likeness (QED) is 0.698.